The second-order valence-corrected chi connectivity index (χ2v) is 6.50. The molecular formula is C22H19NO3. The van der Waals surface area contributed by atoms with Gasteiger partial charge in [-0.15, -0.1) is 0 Å². The standard InChI is InChI=1S/C22H19NO3/c1-15-12-13-19(24)20(14-15)26-22(16-8-4-3-5-9-16)17-10-6-7-11-18(17)23(2)21(22)25/h3-14,24H,1-2H3/t22-/m1/s1. The van der Waals surface area contributed by atoms with Gasteiger partial charge >= 0.3 is 0 Å². The zero-order valence-electron chi connectivity index (χ0n) is 14.6. The summed E-state index contributed by atoms with van der Waals surface area (Å²) in [6.07, 6.45) is 0. The number of benzene rings is 3. The number of anilines is 1. The van der Waals surface area contributed by atoms with Crippen LogP contribution in [0.5, 0.6) is 11.5 Å². The summed E-state index contributed by atoms with van der Waals surface area (Å²) >= 11 is 0. The molecule has 0 unspecified atom stereocenters. The lowest BCUT2D eigenvalue weighted by Gasteiger charge is -2.30. The van der Waals surface area contributed by atoms with Crippen LogP contribution in [0.2, 0.25) is 0 Å². The fraction of sp³-hybridized carbons (Fsp3) is 0.136. The van der Waals surface area contributed by atoms with Crippen molar-refractivity contribution in [3.8, 4) is 11.5 Å². The Labute approximate surface area is 152 Å². The normalized spacial score (nSPS) is 18.7. The lowest BCUT2D eigenvalue weighted by atomic mass is 9.87. The third-order valence-electron chi connectivity index (χ3n) is 4.81. The lowest BCUT2D eigenvalue weighted by molar-refractivity contribution is -0.129. The molecule has 0 aliphatic carbocycles. The van der Waals surface area contributed by atoms with E-state index in [-0.39, 0.29) is 17.4 Å². The molecule has 130 valence electrons. The van der Waals surface area contributed by atoms with Gasteiger partial charge in [0, 0.05) is 18.2 Å². The van der Waals surface area contributed by atoms with E-state index in [2.05, 4.69) is 0 Å². The van der Waals surface area contributed by atoms with Crippen LogP contribution >= 0.6 is 0 Å². The smallest absolute Gasteiger partial charge is 0.280 e. The van der Waals surface area contributed by atoms with Crippen molar-refractivity contribution in [3.63, 3.8) is 0 Å². The first-order valence-corrected chi connectivity index (χ1v) is 8.46. The molecule has 0 bridgehead atoms. The zero-order chi connectivity index (χ0) is 18.3. The van der Waals surface area contributed by atoms with Crippen LogP contribution in [0, 0.1) is 6.92 Å². The number of phenols is 1. The number of phenolic OH excluding ortho intramolecular Hbond substituents is 1. The molecule has 0 spiro atoms. The summed E-state index contributed by atoms with van der Waals surface area (Å²) in [6.45, 7) is 1.91. The van der Waals surface area contributed by atoms with Crippen LogP contribution in [-0.4, -0.2) is 18.1 Å². The molecule has 0 radical (unpaired) electrons. The Morgan fingerprint density at radius 3 is 2.42 bits per heavy atom. The summed E-state index contributed by atoms with van der Waals surface area (Å²) in [4.78, 5) is 15.0. The van der Waals surface area contributed by atoms with E-state index in [1.165, 1.54) is 0 Å². The largest absolute Gasteiger partial charge is 0.504 e. The quantitative estimate of drug-likeness (QED) is 0.781. The maximum atomic E-state index is 13.4. The van der Waals surface area contributed by atoms with E-state index in [4.69, 9.17) is 4.74 Å². The SMILES string of the molecule is Cc1ccc(O)c(O[C@@]2(c3ccccc3)C(=O)N(C)c3ccccc32)c1. The number of nitrogens with zero attached hydrogens (tertiary/aromatic N) is 1. The zero-order valence-corrected chi connectivity index (χ0v) is 14.6. The Bertz CT molecular complexity index is 984. The molecule has 1 heterocycles. The van der Waals surface area contributed by atoms with Crippen LogP contribution in [-0.2, 0) is 10.4 Å². The Morgan fingerprint density at radius 2 is 1.65 bits per heavy atom. The van der Waals surface area contributed by atoms with Gasteiger partial charge in [0.25, 0.3) is 5.91 Å². The molecule has 0 saturated heterocycles. The number of para-hydroxylation sites is 1. The van der Waals surface area contributed by atoms with Crippen molar-refractivity contribution < 1.29 is 14.6 Å². The Morgan fingerprint density at radius 1 is 0.962 bits per heavy atom. The number of carbonyl (C=O) groups excluding carboxylic acids is 1. The molecule has 1 aliphatic rings. The molecule has 3 aromatic carbocycles. The minimum atomic E-state index is -1.34. The minimum absolute atomic E-state index is 0.00532. The molecule has 0 aromatic heterocycles. The average molecular weight is 345 g/mol. The van der Waals surface area contributed by atoms with E-state index in [0.717, 1.165) is 22.4 Å². The van der Waals surface area contributed by atoms with Gasteiger partial charge in [0.15, 0.2) is 11.5 Å². The van der Waals surface area contributed by atoms with Gasteiger partial charge in [0.1, 0.15) is 0 Å². The third kappa shape index (κ3) is 2.26. The number of rotatable bonds is 3. The van der Waals surface area contributed by atoms with E-state index in [9.17, 15) is 9.90 Å². The van der Waals surface area contributed by atoms with Gasteiger partial charge in [-0.1, -0.05) is 54.6 Å². The Balaban J connectivity index is 1.98. The first-order valence-electron chi connectivity index (χ1n) is 8.46. The van der Waals surface area contributed by atoms with Crippen molar-refractivity contribution in [1.29, 1.82) is 0 Å². The number of fused-ring (bicyclic) bond motifs is 1. The number of likely N-dealkylation sites (N-methyl/N-ethyl adjacent to an activating group) is 1. The second-order valence-electron chi connectivity index (χ2n) is 6.50. The summed E-state index contributed by atoms with van der Waals surface area (Å²) in [6, 6.07) is 22.1. The molecule has 4 rings (SSSR count). The fourth-order valence-electron chi connectivity index (χ4n) is 3.50. The molecule has 1 N–H and O–H groups in total. The first-order chi connectivity index (χ1) is 12.5. The number of aromatic hydroxyl groups is 1. The number of aryl methyl sites for hydroxylation is 1. The molecule has 1 aliphatic heterocycles. The van der Waals surface area contributed by atoms with E-state index in [1.54, 1.807) is 30.1 Å². The molecule has 3 aromatic rings. The van der Waals surface area contributed by atoms with E-state index in [0.29, 0.717) is 0 Å². The molecule has 26 heavy (non-hydrogen) atoms. The summed E-state index contributed by atoms with van der Waals surface area (Å²) in [5.41, 5.74) is 1.89. The number of carbonyl (C=O) groups is 1. The van der Waals surface area contributed by atoms with Crippen LogP contribution in [0.3, 0.4) is 0 Å². The maximum Gasteiger partial charge on any atom is 0.280 e. The highest BCUT2D eigenvalue weighted by Gasteiger charge is 2.53. The highest BCUT2D eigenvalue weighted by molar-refractivity contribution is 6.09. The monoisotopic (exact) mass is 345 g/mol. The average Bonchev–Trinajstić information content (AvgIpc) is 2.88. The highest BCUT2D eigenvalue weighted by Crippen LogP contribution is 2.47. The molecule has 1 amide bonds. The number of amides is 1. The van der Waals surface area contributed by atoms with Gasteiger partial charge in [0.2, 0.25) is 5.60 Å². The summed E-state index contributed by atoms with van der Waals surface area (Å²) in [5.74, 6) is 0.101. The van der Waals surface area contributed by atoms with Crippen molar-refractivity contribution in [2.24, 2.45) is 0 Å². The van der Waals surface area contributed by atoms with Gasteiger partial charge in [-0.2, -0.15) is 0 Å². The van der Waals surface area contributed by atoms with E-state index in [1.807, 2.05) is 61.5 Å². The number of ether oxygens (including phenoxy) is 1. The highest BCUT2D eigenvalue weighted by atomic mass is 16.5. The van der Waals surface area contributed by atoms with E-state index >= 15 is 0 Å². The van der Waals surface area contributed by atoms with Crippen LogP contribution in [0.1, 0.15) is 16.7 Å². The van der Waals surface area contributed by atoms with Gasteiger partial charge < -0.3 is 14.7 Å². The molecule has 0 fully saturated rings. The first kappa shape index (κ1) is 16.2. The summed E-state index contributed by atoms with van der Waals surface area (Å²) in [7, 11) is 1.74. The van der Waals surface area contributed by atoms with Gasteiger partial charge in [-0.3, -0.25) is 4.79 Å². The van der Waals surface area contributed by atoms with E-state index < -0.39 is 5.60 Å². The minimum Gasteiger partial charge on any atom is -0.504 e. The van der Waals surface area contributed by atoms with Gasteiger partial charge in [-0.25, -0.2) is 0 Å². The summed E-state index contributed by atoms with van der Waals surface area (Å²) in [5, 5.41) is 10.3. The Kier molecular flexibility index (Phi) is 3.69. The lowest BCUT2D eigenvalue weighted by Crippen LogP contribution is -2.44. The van der Waals surface area contributed by atoms with Crippen LogP contribution < -0.4 is 9.64 Å². The van der Waals surface area contributed by atoms with Crippen molar-refractivity contribution in [2.45, 2.75) is 12.5 Å². The number of hydrogen-bond acceptors (Lipinski definition) is 3. The molecule has 1 atom stereocenters. The third-order valence-corrected chi connectivity index (χ3v) is 4.81. The predicted molar refractivity (Wildman–Crippen MR) is 101 cm³/mol. The topological polar surface area (TPSA) is 49.8 Å². The predicted octanol–water partition coefficient (Wildman–Crippen LogP) is 4.00. The fourth-order valence-corrected chi connectivity index (χ4v) is 3.50. The number of hydrogen-bond donors (Lipinski definition) is 1. The maximum absolute atomic E-state index is 13.4. The van der Waals surface area contributed by atoms with Gasteiger partial charge in [0.05, 0.1) is 5.69 Å². The molecular weight excluding hydrogens is 326 g/mol. The van der Waals surface area contributed by atoms with Crippen LogP contribution in [0.25, 0.3) is 0 Å². The van der Waals surface area contributed by atoms with Crippen LogP contribution in [0.4, 0.5) is 5.69 Å². The molecule has 4 heteroatoms. The van der Waals surface area contributed by atoms with Crippen molar-refractivity contribution >= 4 is 11.6 Å². The van der Waals surface area contributed by atoms with Crippen molar-refractivity contribution in [1.82, 2.24) is 0 Å². The molecule has 0 saturated carbocycles. The van der Waals surface area contributed by atoms with Gasteiger partial charge in [-0.05, 0) is 30.7 Å². The molecule has 4 nitrogen and oxygen atoms in total. The van der Waals surface area contributed by atoms with Crippen molar-refractivity contribution in [3.05, 3.63) is 89.5 Å². The Hall–Kier alpha value is -3.27. The van der Waals surface area contributed by atoms with Crippen LogP contribution in [0.15, 0.2) is 72.8 Å². The summed E-state index contributed by atoms with van der Waals surface area (Å²) < 4.78 is 6.33. The van der Waals surface area contributed by atoms with Crippen molar-refractivity contribution in [2.75, 3.05) is 11.9 Å². The second kappa shape index (κ2) is 5.92.